The number of amides is 2. The van der Waals surface area contributed by atoms with Crippen molar-refractivity contribution in [2.24, 2.45) is 7.05 Å². The number of rotatable bonds is 12. The molecule has 14 heteroatoms. The number of nitrogens with one attached hydrogen (secondary N) is 2. The molecule has 2 aliphatic rings. The first-order valence-corrected chi connectivity index (χ1v) is 14.4. The average Bonchev–Trinajstić information content (AvgIpc) is 3.82. The van der Waals surface area contributed by atoms with Crippen molar-refractivity contribution in [1.29, 1.82) is 0 Å². The van der Waals surface area contributed by atoms with E-state index >= 15 is 0 Å². The molecule has 0 spiro atoms. The third kappa shape index (κ3) is 7.68. The molecule has 10 nitrogen and oxygen atoms in total. The molecular formula is C31H33F4N5O5. The molecule has 2 aromatic heterocycles. The van der Waals surface area contributed by atoms with Crippen LogP contribution in [0.2, 0.25) is 0 Å². The molecule has 1 aliphatic carbocycles. The number of hydrogen-bond acceptors (Lipinski definition) is 7. The van der Waals surface area contributed by atoms with E-state index < -0.39 is 43.0 Å². The molecule has 1 aliphatic heterocycles. The normalized spacial score (nSPS) is 16.3. The number of aromatic nitrogens is 2. The zero-order valence-corrected chi connectivity index (χ0v) is 24.9. The minimum Gasteiger partial charge on any atom is -0.435 e. The van der Waals surface area contributed by atoms with Crippen molar-refractivity contribution in [2.75, 3.05) is 32.1 Å². The summed E-state index contributed by atoms with van der Waals surface area (Å²) >= 11 is 0. The maximum atomic E-state index is 13.6. The van der Waals surface area contributed by atoms with Crippen molar-refractivity contribution in [1.82, 2.24) is 19.8 Å². The Hall–Kier alpha value is -4.30. The summed E-state index contributed by atoms with van der Waals surface area (Å²) < 4.78 is 64.1. The van der Waals surface area contributed by atoms with Crippen LogP contribution < -0.4 is 20.9 Å². The number of nitrogens with zero attached hydrogens (tertiary/aromatic N) is 3. The van der Waals surface area contributed by atoms with E-state index in [1.54, 1.807) is 26.4 Å². The molecule has 2 N–H and O–H groups in total. The van der Waals surface area contributed by atoms with Crippen LogP contribution in [0.25, 0.3) is 11.1 Å². The van der Waals surface area contributed by atoms with E-state index in [1.807, 2.05) is 6.92 Å². The van der Waals surface area contributed by atoms with Gasteiger partial charge in [0.25, 0.3) is 23.3 Å². The zero-order valence-electron chi connectivity index (χ0n) is 24.9. The zero-order chi connectivity index (χ0) is 32.5. The number of likely N-dealkylation sites (tertiary alicyclic amines) is 1. The summed E-state index contributed by atoms with van der Waals surface area (Å²) in [5.41, 5.74) is 1.21. The molecular weight excluding hydrogens is 598 g/mol. The Kier molecular flexibility index (Phi) is 9.26. The van der Waals surface area contributed by atoms with Gasteiger partial charge in [-0.3, -0.25) is 14.4 Å². The number of hydrogen-bond donors (Lipinski definition) is 2. The maximum Gasteiger partial charge on any atom is 0.387 e. The first kappa shape index (κ1) is 32.1. The molecule has 1 saturated carbocycles. The van der Waals surface area contributed by atoms with E-state index in [0.717, 1.165) is 23.8 Å². The van der Waals surface area contributed by atoms with Crippen LogP contribution >= 0.6 is 0 Å². The average molecular weight is 632 g/mol. The summed E-state index contributed by atoms with van der Waals surface area (Å²) in [7, 11) is 3.14. The monoisotopic (exact) mass is 631 g/mol. The summed E-state index contributed by atoms with van der Waals surface area (Å²) in [4.78, 5) is 45.1. The van der Waals surface area contributed by atoms with Gasteiger partial charge in [0, 0.05) is 45.1 Å². The quantitative estimate of drug-likeness (QED) is 0.285. The number of anilines is 1. The highest BCUT2D eigenvalue weighted by molar-refractivity contribution is 6.05. The van der Waals surface area contributed by atoms with Crippen LogP contribution in [0.5, 0.6) is 5.75 Å². The minimum atomic E-state index is -3.16. The van der Waals surface area contributed by atoms with Gasteiger partial charge >= 0.3 is 6.61 Å². The van der Waals surface area contributed by atoms with E-state index in [4.69, 9.17) is 4.74 Å². The summed E-state index contributed by atoms with van der Waals surface area (Å²) in [6.45, 7) is -1.92. The van der Waals surface area contributed by atoms with Crippen molar-refractivity contribution >= 4 is 17.6 Å². The molecule has 0 unspecified atom stereocenters. The van der Waals surface area contributed by atoms with Crippen LogP contribution in [-0.4, -0.2) is 71.6 Å². The van der Waals surface area contributed by atoms with Gasteiger partial charge in [-0.25, -0.2) is 13.8 Å². The number of pyridine rings is 2. The lowest BCUT2D eigenvalue weighted by atomic mass is 9.96. The van der Waals surface area contributed by atoms with Crippen LogP contribution in [0.4, 0.5) is 23.4 Å². The van der Waals surface area contributed by atoms with E-state index in [0.29, 0.717) is 29.9 Å². The van der Waals surface area contributed by atoms with Crippen LogP contribution in [0.15, 0.2) is 47.4 Å². The smallest absolute Gasteiger partial charge is 0.387 e. The third-order valence-electron chi connectivity index (χ3n) is 7.62. The Morgan fingerprint density at radius 3 is 2.49 bits per heavy atom. The Labute approximate surface area is 256 Å². The number of alkyl halides is 4. The summed E-state index contributed by atoms with van der Waals surface area (Å²) in [5, 5.41) is 5.90. The molecule has 2 amide bonds. The fraction of sp³-hybridized carbons (Fsp3) is 0.419. The molecule has 45 heavy (non-hydrogen) atoms. The molecule has 1 saturated heterocycles. The van der Waals surface area contributed by atoms with Crippen LogP contribution in [-0.2, 0) is 18.3 Å². The Bertz CT molecular complexity index is 1650. The van der Waals surface area contributed by atoms with Gasteiger partial charge in [0.2, 0.25) is 0 Å². The maximum absolute atomic E-state index is 13.6. The van der Waals surface area contributed by atoms with E-state index in [2.05, 4.69) is 20.4 Å². The Morgan fingerprint density at radius 1 is 1.11 bits per heavy atom. The van der Waals surface area contributed by atoms with E-state index in [-0.39, 0.29) is 40.3 Å². The summed E-state index contributed by atoms with van der Waals surface area (Å²) in [6.07, 6.45) is 3.28. The lowest BCUT2D eigenvalue weighted by Crippen LogP contribution is -2.58. The first-order chi connectivity index (χ1) is 21.3. The highest BCUT2D eigenvalue weighted by Crippen LogP contribution is 2.42. The molecule has 5 rings (SSSR count). The number of carbonyl (C=O) groups is 2. The van der Waals surface area contributed by atoms with Gasteiger partial charge in [-0.1, -0.05) is 0 Å². The third-order valence-corrected chi connectivity index (χ3v) is 7.62. The number of halogens is 4. The highest BCUT2D eigenvalue weighted by atomic mass is 19.3. The molecule has 1 aromatic carbocycles. The predicted molar refractivity (Wildman–Crippen MR) is 157 cm³/mol. The first-order valence-electron chi connectivity index (χ1n) is 14.4. The number of methoxy groups -OCH3 is 1. The highest BCUT2D eigenvalue weighted by Gasteiger charge is 2.46. The standard InChI is InChI=1S/C31H33F4N5O5/c1-17(44-3)12-36-13-18-8-24(28(42)39(2)14-18)27(41)38-26-10-20(9-25(37-26)19-4-5-19)22-7-6-21(45-30(32)33)11-23(22)29(43)40-15-31(34,35)16-40/h6-11,14,17,19,30,36H,4-5,12-13,15-16H2,1-3H3,(H,37,38,41)/t17-/m0/s1. The molecule has 1 atom stereocenters. The van der Waals surface area contributed by atoms with E-state index in [9.17, 15) is 31.9 Å². The number of ether oxygens (including phenoxy) is 2. The van der Waals surface area contributed by atoms with Crippen molar-refractivity contribution in [3.63, 3.8) is 0 Å². The van der Waals surface area contributed by atoms with Gasteiger partial charge in [-0.2, -0.15) is 8.78 Å². The molecule has 3 aromatic rings. The minimum absolute atomic E-state index is 0.0324. The Balaban J connectivity index is 1.47. The lowest BCUT2D eigenvalue weighted by molar-refractivity contribution is -0.113. The van der Waals surface area contributed by atoms with Crippen LogP contribution in [0, 0.1) is 0 Å². The van der Waals surface area contributed by atoms with E-state index in [1.165, 1.54) is 28.8 Å². The Morgan fingerprint density at radius 2 is 1.84 bits per heavy atom. The second-order valence-corrected chi connectivity index (χ2v) is 11.4. The second kappa shape index (κ2) is 13.0. The number of benzene rings is 1. The summed E-state index contributed by atoms with van der Waals surface area (Å²) in [6, 6.07) is 8.41. The SMILES string of the molecule is CO[C@@H](C)CNCc1cc(C(=O)Nc2cc(-c3ccc(OC(F)F)cc3C(=O)N3CC(F)(F)C3)cc(C3CC3)n2)c(=O)n(C)c1. The molecule has 2 fully saturated rings. The van der Waals surface area contributed by atoms with Crippen molar-refractivity contribution in [3.05, 3.63) is 75.3 Å². The topological polar surface area (TPSA) is 115 Å². The van der Waals surface area contributed by atoms with Gasteiger partial charge in [-0.15, -0.1) is 0 Å². The fourth-order valence-electron chi connectivity index (χ4n) is 5.04. The van der Waals surface area contributed by atoms with Gasteiger partial charge in [0.1, 0.15) is 17.1 Å². The molecule has 0 bridgehead atoms. The fourth-order valence-corrected chi connectivity index (χ4v) is 5.04. The molecule has 240 valence electrons. The second-order valence-electron chi connectivity index (χ2n) is 11.4. The number of carbonyl (C=O) groups excluding carboxylic acids is 2. The van der Waals surface area contributed by atoms with Crippen LogP contribution in [0.3, 0.4) is 0 Å². The lowest BCUT2D eigenvalue weighted by Gasteiger charge is -2.39. The predicted octanol–water partition coefficient (Wildman–Crippen LogP) is 4.39. The number of aryl methyl sites for hydroxylation is 1. The van der Waals surface area contributed by atoms with Crippen molar-refractivity contribution in [3.8, 4) is 16.9 Å². The van der Waals surface area contributed by atoms with Gasteiger partial charge in [0.15, 0.2) is 0 Å². The van der Waals surface area contributed by atoms with Crippen molar-refractivity contribution in [2.45, 2.75) is 50.9 Å². The van der Waals surface area contributed by atoms with Gasteiger partial charge < -0.3 is 29.6 Å². The molecule has 3 heterocycles. The summed E-state index contributed by atoms with van der Waals surface area (Å²) in [5.74, 6) is -4.63. The van der Waals surface area contributed by atoms with Crippen molar-refractivity contribution < 1.29 is 36.6 Å². The largest absolute Gasteiger partial charge is 0.435 e. The van der Waals surface area contributed by atoms with Gasteiger partial charge in [0.05, 0.1) is 24.8 Å². The van der Waals surface area contributed by atoms with Crippen LogP contribution in [0.1, 0.15) is 57.7 Å². The van der Waals surface area contributed by atoms with Gasteiger partial charge in [-0.05, 0) is 72.9 Å². The molecule has 0 radical (unpaired) electrons.